The fourth-order valence-electron chi connectivity index (χ4n) is 2.58. The van der Waals surface area contributed by atoms with Crippen LogP contribution in [0.3, 0.4) is 0 Å². The minimum atomic E-state index is -0.187. The highest BCUT2D eigenvalue weighted by atomic mass is 16.6. The van der Waals surface area contributed by atoms with Crippen LogP contribution in [0.15, 0.2) is 0 Å². The zero-order chi connectivity index (χ0) is 9.42. The lowest BCUT2D eigenvalue weighted by molar-refractivity contribution is -0.150. The van der Waals surface area contributed by atoms with Gasteiger partial charge >= 0.3 is 5.97 Å². The summed E-state index contributed by atoms with van der Waals surface area (Å²) in [5, 5.41) is 0. The molecule has 0 N–H and O–H groups in total. The molecule has 1 aliphatic heterocycles. The van der Waals surface area contributed by atoms with E-state index >= 15 is 0 Å². The summed E-state index contributed by atoms with van der Waals surface area (Å²) in [4.78, 5) is 10.9. The van der Waals surface area contributed by atoms with E-state index in [9.17, 15) is 4.79 Å². The van der Waals surface area contributed by atoms with Crippen LogP contribution >= 0.6 is 0 Å². The first-order valence-electron chi connectivity index (χ1n) is 5.01. The lowest BCUT2D eigenvalue weighted by Crippen LogP contribution is -2.29. The minimum absolute atomic E-state index is 0.00463. The van der Waals surface area contributed by atoms with Gasteiger partial charge in [-0.05, 0) is 19.8 Å². The molecule has 74 valence electrons. The van der Waals surface area contributed by atoms with Crippen LogP contribution in [0.25, 0.3) is 0 Å². The zero-order valence-electron chi connectivity index (χ0n) is 8.16. The molecular weight excluding hydrogens is 168 g/mol. The van der Waals surface area contributed by atoms with Crippen LogP contribution in [0, 0.1) is 5.92 Å². The first kappa shape index (κ1) is 9.00. The van der Waals surface area contributed by atoms with Crippen molar-refractivity contribution in [1.82, 2.24) is 0 Å². The van der Waals surface area contributed by atoms with Crippen LogP contribution in [0.2, 0.25) is 0 Å². The van der Waals surface area contributed by atoms with Crippen LogP contribution in [0.4, 0.5) is 0 Å². The van der Waals surface area contributed by atoms with Crippen LogP contribution in [-0.2, 0) is 14.3 Å². The predicted octanol–water partition coefficient (Wildman–Crippen LogP) is 1.51. The summed E-state index contributed by atoms with van der Waals surface area (Å²) < 4.78 is 11.0. The lowest BCUT2D eigenvalue weighted by atomic mass is 9.99. The highest BCUT2D eigenvalue weighted by Gasteiger charge is 2.46. The van der Waals surface area contributed by atoms with Gasteiger partial charge in [0.25, 0.3) is 0 Å². The quantitative estimate of drug-likeness (QED) is 0.579. The molecule has 0 aromatic heterocycles. The Hall–Kier alpha value is -0.570. The number of hydrogen-bond donors (Lipinski definition) is 0. The van der Waals surface area contributed by atoms with Crippen molar-refractivity contribution in [1.29, 1.82) is 0 Å². The Morgan fingerprint density at radius 3 is 2.92 bits per heavy atom. The van der Waals surface area contributed by atoms with Gasteiger partial charge in [0.2, 0.25) is 0 Å². The molecule has 4 atom stereocenters. The average Bonchev–Trinajstić information content (AvgIpc) is 2.55. The summed E-state index contributed by atoms with van der Waals surface area (Å²) in [5.74, 6) is 0.270. The van der Waals surface area contributed by atoms with Gasteiger partial charge in [-0.25, -0.2) is 0 Å². The van der Waals surface area contributed by atoms with Crippen molar-refractivity contribution in [2.45, 2.75) is 51.4 Å². The number of esters is 1. The number of carbonyl (C=O) groups is 1. The predicted molar refractivity (Wildman–Crippen MR) is 47.2 cm³/mol. The first-order chi connectivity index (χ1) is 6.18. The van der Waals surface area contributed by atoms with Crippen molar-refractivity contribution in [2.75, 3.05) is 0 Å². The average molecular weight is 184 g/mol. The number of carbonyl (C=O) groups excluding carboxylic acids is 1. The normalized spacial score (nSPS) is 43.2. The summed E-state index contributed by atoms with van der Waals surface area (Å²) >= 11 is 0. The third kappa shape index (κ3) is 1.57. The summed E-state index contributed by atoms with van der Waals surface area (Å²) in [6.45, 7) is 3.46. The Bertz CT molecular complexity index is 214. The van der Waals surface area contributed by atoms with Gasteiger partial charge in [-0.2, -0.15) is 0 Å². The van der Waals surface area contributed by atoms with Gasteiger partial charge in [-0.15, -0.1) is 0 Å². The summed E-state index contributed by atoms with van der Waals surface area (Å²) in [6.07, 6.45) is 3.92. The Morgan fingerprint density at radius 1 is 1.46 bits per heavy atom. The molecular formula is C10H16O3. The molecule has 2 fully saturated rings. The van der Waals surface area contributed by atoms with Crippen molar-refractivity contribution < 1.29 is 14.3 Å². The van der Waals surface area contributed by atoms with Crippen molar-refractivity contribution in [2.24, 2.45) is 5.92 Å². The van der Waals surface area contributed by atoms with Crippen LogP contribution in [-0.4, -0.2) is 24.3 Å². The smallest absolute Gasteiger partial charge is 0.303 e. The van der Waals surface area contributed by atoms with Crippen molar-refractivity contribution in [3.63, 3.8) is 0 Å². The second-order valence-corrected chi connectivity index (χ2v) is 4.05. The van der Waals surface area contributed by atoms with Gasteiger partial charge in [-0.3, -0.25) is 4.79 Å². The molecule has 0 unspecified atom stereocenters. The van der Waals surface area contributed by atoms with Gasteiger partial charge < -0.3 is 9.47 Å². The molecule has 2 aliphatic rings. The molecule has 0 amide bonds. The number of fused-ring (bicyclic) bond motifs is 1. The van der Waals surface area contributed by atoms with Crippen LogP contribution in [0.1, 0.15) is 33.1 Å². The van der Waals surface area contributed by atoms with Crippen LogP contribution < -0.4 is 0 Å². The molecule has 0 spiro atoms. The monoisotopic (exact) mass is 184 g/mol. The standard InChI is InChI=1S/C10H16O3/c1-6-10(13-7(2)11)8-4-3-5-9(8)12-6/h6,8-10H,3-5H2,1-2H3/t6-,8-,9+,10-/m0/s1. The molecule has 0 aromatic carbocycles. The molecule has 3 heteroatoms. The highest BCUT2D eigenvalue weighted by Crippen LogP contribution is 2.40. The van der Waals surface area contributed by atoms with Gasteiger partial charge in [0.15, 0.2) is 0 Å². The summed E-state index contributed by atoms with van der Waals surface area (Å²) in [5.41, 5.74) is 0. The van der Waals surface area contributed by atoms with Crippen LogP contribution in [0.5, 0.6) is 0 Å². The molecule has 1 saturated heterocycles. The molecule has 1 saturated carbocycles. The largest absolute Gasteiger partial charge is 0.459 e. The third-order valence-corrected chi connectivity index (χ3v) is 3.08. The first-order valence-corrected chi connectivity index (χ1v) is 5.01. The van der Waals surface area contributed by atoms with E-state index in [0.717, 1.165) is 12.8 Å². The van der Waals surface area contributed by atoms with E-state index in [1.165, 1.54) is 13.3 Å². The molecule has 2 rings (SSSR count). The van der Waals surface area contributed by atoms with E-state index in [0.29, 0.717) is 12.0 Å². The summed E-state index contributed by atoms with van der Waals surface area (Å²) in [7, 11) is 0. The van der Waals surface area contributed by atoms with Gasteiger partial charge in [0.1, 0.15) is 6.10 Å². The second-order valence-electron chi connectivity index (χ2n) is 4.05. The van der Waals surface area contributed by atoms with E-state index in [2.05, 4.69) is 0 Å². The number of rotatable bonds is 1. The van der Waals surface area contributed by atoms with E-state index in [-0.39, 0.29) is 18.2 Å². The van der Waals surface area contributed by atoms with E-state index in [4.69, 9.17) is 9.47 Å². The zero-order valence-corrected chi connectivity index (χ0v) is 8.16. The fourth-order valence-corrected chi connectivity index (χ4v) is 2.58. The fraction of sp³-hybridized carbons (Fsp3) is 0.900. The molecule has 0 bridgehead atoms. The van der Waals surface area contributed by atoms with Gasteiger partial charge in [0.05, 0.1) is 12.2 Å². The SMILES string of the molecule is CC(=O)O[C@@H]1[C@H]2CCC[C@H]2O[C@H]1C. The second kappa shape index (κ2) is 3.29. The lowest BCUT2D eigenvalue weighted by Gasteiger charge is -2.18. The maximum atomic E-state index is 10.9. The molecule has 0 radical (unpaired) electrons. The van der Waals surface area contributed by atoms with E-state index in [1.54, 1.807) is 0 Å². The molecule has 1 heterocycles. The van der Waals surface area contributed by atoms with Crippen molar-refractivity contribution in [3.8, 4) is 0 Å². The minimum Gasteiger partial charge on any atom is -0.459 e. The van der Waals surface area contributed by atoms with Crippen molar-refractivity contribution >= 4 is 5.97 Å². The molecule has 13 heavy (non-hydrogen) atoms. The maximum Gasteiger partial charge on any atom is 0.303 e. The third-order valence-electron chi connectivity index (χ3n) is 3.08. The Morgan fingerprint density at radius 2 is 2.23 bits per heavy atom. The molecule has 3 nitrogen and oxygen atoms in total. The highest BCUT2D eigenvalue weighted by molar-refractivity contribution is 5.66. The molecule has 0 aromatic rings. The Kier molecular flexibility index (Phi) is 2.28. The Labute approximate surface area is 78.4 Å². The number of ether oxygens (including phenoxy) is 2. The Balaban J connectivity index is 2.03. The topological polar surface area (TPSA) is 35.5 Å². The van der Waals surface area contributed by atoms with E-state index in [1.807, 2.05) is 6.92 Å². The number of hydrogen-bond acceptors (Lipinski definition) is 3. The van der Waals surface area contributed by atoms with E-state index < -0.39 is 0 Å². The van der Waals surface area contributed by atoms with Crippen molar-refractivity contribution in [3.05, 3.63) is 0 Å². The summed E-state index contributed by atoms with van der Waals surface area (Å²) in [6, 6.07) is 0. The molecule has 1 aliphatic carbocycles. The van der Waals surface area contributed by atoms with Gasteiger partial charge in [-0.1, -0.05) is 6.42 Å². The van der Waals surface area contributed by atoms with Gasteiger partial charge in [0, 0.05) is 12.8 Å². The maximum absolute atomic E-state index is 10.9.